The Hall–Kier alpha value is -1.54. The van der Waals surface area contributed by atoms with E-state index in [9.17, 15) is 0 Å². The van der Waals surface area contributed by atoms with E-state index < -0.39 is 0 Å². The molecule has 18 heavy (non-hydrogen) atoms. The van der Waals surface area contributed by atoms with Crippen LogP contribution in [-0.4, -0.2) is 11.6 Å². The Bertz CT molecular complexity index is 486. The highest BCUT2D eigenvalue weighted by Crippen LogP contribution is 2.39. The molecule has 0 aliphatic heterocycles. The van der Waals surface area contributed by atoms with E-state index in [1.807, 2.05) is 6.08 Å². The topological polar surface area (TPSA) is 38.0 Å². The molecule has 1 fully saturated rings. The molecule has 0 spiro atoms. The Morgan fingerprint density at radius 2 is 1.94 bits per heavy atom. The molecule has 0 saturated heterocycles. The van der Waals surface area contributed by atoms with Crippen molar-refractivity contribution in [1.29, 1.82) is 0 Å². The zero-order valence-electron chi connectivity index (χ0n) is 10.5. The van der Waals surface area contributed by atoms with E-state index in [0.717, 1.165) is 18.5 Å². The summed E-state index contributed by atoms with van der Waals surface area (Å²) < 4.78 is 0. The van der Waals surface area contributed by atoms with Gasteiger partial charge in [-0.25, -0.2) is 0 Å². The first kappa shape index (κ1) is 11.5. The number of nitrogens with one attached hydrogen (secondary N) is 1. The van der Waals surface area contributed by atoms with Crippen LogP contribution in [0.15, 0.2) is 48.6 Å². The number of hydrogen-bond donors (Lipinski definition) is 2. The zero-order valence-corrected chi connectivity index (χ0v) is 10.5. The lowest BCUT2D eigenvalue weighted by Gasteiger charge is -2.29. The molecule has 3 rings (SSSR count). The molecular formula is C16H19N2. The lowest BCUT2D eigenvalue weighted by molar-refractivity contribution is 0.710. The summed E-state index contributed by atoms with van der Waals surface area (Å²) in [4.78, 5) is 0. The van der Waals surface area contributed by atoms with Gasteiger partial charge in [0.05, 0.1) is 5.54 Å². The fourth-order valence-corrected chi connectivity index (χ4v) is 2.46. The normalized spacial score (nSPS) is 33.4. The molecule has 2 nitrogen and oxygen atoms in total. The average Bonchev–Trinajstić information content (AvgIpc) is 3.08. The van der Waals surface area contributed by atoms with Gasteiger partial charge in [-0.15, -0.1) is 0 Å². The molecule has 1 saturated carbocycles. The summed E-state index contributed by atoms with van der Waals surface area (Å²) in [6.07, 6.45) is 10.4. The second-order valence-corrected chi connectivity index (χ2v) is 5.40. The van der Waals surface area contributed by atoms with Gasteiger partial charge in [-0.2, -0.15) is 0 Å². The number of nitrogens with two attached hydrogens (primary N) is 1. The first-order chi connectivity index (χ1) is 8.66. The van der Waals surface area contributed by atoms with Crippen molar-refractivity contribution >= 4 is 5.69 Å². The fraction of sp³-hybridized carbons (Fsp3) is 0.312. The van der Waals surface area contributed by atoms with E-state index in [2.05, 4.69) is 54.7 Å². The molecule has 2 aliphatic rings. The molecule has 93 valence electrons. The van der Waals surface area contributed by atoms with Crippen molar-refractivity contribution in [3.05, 3.63) is 61.1 Å². The van der Waals surface area contributed by atoms with E-state index in [1.54, 1.807) is 0 Å². The van der Waals surface area contributed by atoms with Gasteiger partial charge in [-0.3, -0.25) is 0 Å². The third-order valence-corrected chi connectivity index (χ3v) is 3.72. The number of rotatable bonds is 3. The standard InChI is InChI=1S/C16H19N2/c1-16(9-3-2-4-10-16)18-13-7-5-12(6-8-13)14-11-15(14)17/h2-9,14-15,18H,1,10-11,17H2. The minimum Gasteiger partial charge on any atom is -0.376 e. The van der Waals surface area contributed by atoms with Gasteiger partial charge in [0.2, 0.25) is 0 Å². The molecule has 0 aromatic heterocycles. The van der Waals surface area contributed by atoms with Crippen LogP contribution in [0.1, 0.15) is 24.3 Å². The largest absolute Gasteiger partial charge is 0.376 e. The van der Waals surface area contributed by atoms with Gasteiger partial charge in [-0.1, -0.05) is 36.4 Å². The Kier molecular flexibility index (Phi) is 2.75. The predicted octanol–water partition coefficient (Wildman–Crippen LogP) is 3.00. The molecule has 0 amide bonds. The number of hydrogen-bond acceptors (Lipinski definition) is 2. The molecule has 1 aromatic rings. The van der Waals surface area contributed by atoms with E-state index in [4.69, 9.17) is 5.73 Å². The lowest BCUT2D eigenvalue weighted by Crippen LogP contribution is -2.32. The van der Waals surface area contributed by atoms with Crippen LogP contribution < -0.4 is 11.1 Å². The van der Waals surface area contributed by atoms with Crippen LogP contribution in [0.3, 0.4) is 0 Å². The second kappa shape index (κ2) is 4.29. The summed E-state index contributed by atoms with van der Waals surface area (Å²) >= 11 is 0. The molecule has 2 heteroatoms. The fourth-order valence-electron chi connectivity index (χ4n) is 2.46. The Balaban J connectivity index is 1.70. The second-order valence-electron chi connectivity index (χ2n) is 5.40. The van der Waals surface area contributed by atoms with Crippen LogP contribution in [0.4, 0.5) is 5.69 Å². The van der Waals surface area contributed by atoms with Crippen LogP contribution in [-0.2, 0) is 0 Å². The Morgan fingerprint density at radius 3 is 2.50 bits per heavy atom. The quantitative estimate of drug-likeness (QED) is 0.851. The summed E-state index contributed by atoms with van der Waals surface area (Å²) in [6, 6.07) is 8.96. The summed E-state index contributed by atoms with van der Waals surface area (Å²) in [6.45, 7) is 4.24. The van der Waals surface area contributed by atoms with E-state index >= 15 is 0 Å². The van der Waals surface area contributed by atoms with Crippen molar-refractivity contribution in [1.82, 2.24) is 0 Å². The van der Waals surface area contributed by atoms with E-state index in [1.165, 1.54) is 5.56 Å². The minimum absolute atomic E-state index is 0.216. The van der Waals surface area contributed by atoms with Crippen molar-refractivity contribution in [2.75, 3.05) is 5.32 Å². The number of benzene rings is 1. The predicted molar refractivity (Wildman–Crippen MR) is 76.4 cm³/mol. The molecule has 2 aliphatic carbocycles. The monoisotopic (exact) mass is 239 g/mol. The zero-order chi connectivity index (χ0) is 12.6. The molecule has 3 atom stereocenters. The van der Waals surface area contributed by atoms with Crippen LogP contribution in [0.5, 0.6) is 0 Å². The summed E-state index contributed by atoms with van der Waals surface area (Å²) in [7, 11) is 0. The van der Waals surface area contributed by atoms with Gasteiger partial charge in [0.15, 0.2) is 0 Å². The van der Waals surface area contributed by atoms with Crippen LogP contribution in [0.2, 0.25) is 0 Å². The third-order valence-electron chi connectivity index (χ3n) is 3.72. The first-order valence-corrected chi connectivity index (χ1v) is 6.50. The van der Waals surface area contributed by atoms with Gasteiger partial charge in [0.25, 0.3) is 0 Å². The molecule has 0 bridgehead atoms. The van der Waals surface area contributed by atoms with Crippen molar-refractivity contribution in [3.8, 4) is 0 Å². The maximum absolute atomic E-state index is 5.86. The van der Waals surface area contributed by atoms with Gasteiger partial charge in [0.1, 0.15) is 0 Å². The molecule has 1 aromatic carbocycles. The molecule has 3 unspecified atom stereocenters. The average molecular weight is 239 g/mol. The van der Waals surface area contributed by atoms with Crippen LogP contribution in [0, 0.1) is 6.92 Å². The highest BCUT2D eigenvalue weighted by molar-refractivity contribution is 5.51. The number of allylic oxidation sites excluding steroid dienone is 2. The van der Waals surface area contributed by atoms with Gasteiger partial charge >= 0.3 is 0 Å². The van der Waals surface area contributed by atoms with Gasteiger partial charge in [0, 0.05) is 17.6 Å². The van der Waals surface area contributed by atoms with Crippen molar-refractivity contribution < 1.29 is 0 Å². The molecular weight excluding hydrogens is 220 g/mol. The molecule has 0 heterocycles. The maximum atomic E-state index is 5.86. The number of anilines is 1. The van der Waals surface area contributed by atoms with Crippen molar-refractivity contribution in [2.45, 2.75) is 30.3 Å². The molecule has 3 N–H and O–H groups in total. The SMILES string of the molecule is [CH2]C1(Nc2ccc(C3CC3N)cc2)C=CC=CC1. The van der Waals surface area contributed by atoms with E-state index in [-0.39, 0.29) is 5.54 Å². The third kappa shape index (κ3) is 2.34. The lowest BCUT2D eigenvalue weighted by atomic mass is 9.93. The van der Waals surface area contributed by atoms with Gasteiger partial charge < -0.3 is 11.1 Å². The Morgan fingerprint density at radius 1 is 1.22 bits per heavy atom. The first-order valence-electron chi connectivity index (χ1n) is 6.50. The van der Waals surface area contributed by atoms with Crippen LogP contribution in [0.25, 0.3) is 0 Å². The molecule has 1 radical (unpaired) electrons. The maximum Gasteiger partial charge on any atom is 0.0594 e. The summed E-state index contributed by atoms with van der Waals surface area (Å²) in [5.41, 5.74) is 8.11. The Labute approximate surface area is 109 Å². The smallest absolute Gasteiger partial charge is 0.0594 e. The van der Waals surface area contributed by atoms with Crippen molar-refractivity contribution in [2.24, 2.45) is 5.73 Å². The van der Waals surface area contributed by atoms with E-state index in [0.29, 0.717) is 12.0 Å². The highest BCUT2D eigenvalue weighted by atomic mass is 15.0. The summed E-state index contributed by atoms with van der Waals surface area (Å²) in [5, 5.41) is 3.47. The summed E-state index contributed by atoms with van der Waals surface area (Å²) in [5.74, 6) is 0.574. The van der Waals surface area contributed by atoms with Gasteiger partial charge in [-0.05, 0) is 37.5 Å². The minimum atomic E-state index is -0.216. The highest BCUT2D eigenvalue weighted by Gasteiger charge is 2.34. The van der Waals surface area contributed by atoms with Crippen LogP contribution >= 0.6 is 0 Å². The van der Waals surface area contributed by atoms with Crippen molar-refractivity contribution in [3.63, 3.8) is 0 Å².